The highest BCUT2D eigenvalue weighted by atomic mass is 32.1. The summed E-state index contributed by atoms with van der Waals surface area (Å²) < 4.78 is 17.0. The molecule has 0 radical (unpaired) electrons. The normalized spacial score (nSPS) is 16.1. The summed E-state index contributed by atoms with van der Waals surface area (Å²) >= 11 is 1.55. The molecule has 5 heteroatoms. The molecule has 3 nitrogen and oxygen atoms in total. The van der Waals surface area contributed by atoms with Gasteiger partial charge in [0.2, 0.25) is 0 Å². The summed E-state index contributed by atoms with van der Waals surface area (Å²) in [4.78, 5) is 5.62. The maximum absolute atomic E-state index is 11.9. The lowest BCUT2D eigenvalue weighted by Gasteiger charge is -1.97. The number of fused-ring (bicyclic) bond motifs is 1. The van der Waals surface area contributed by atoms with Crippen LogP contribution in [0.4, 0.5) is 4.39 Å². The third kappa shape index (κ3) is 2.22. The molecule has 0 atom stereocenters. The van der Waals surface area contributed by atoms with E-state index in [9.17, 15) is 4.39 Å². The molecule has 1 N–H and O–H groups in total. The van der Waals surface area contributed by atoms with Gasteiger partial charge < -0.3 is 10.1 Å². The first-order chi connectivity index (χ1) is 6.90. The Balaban J connectivity index is 2.06. The first-order valence-electron chi connectivity index (χ1n) is 4.78. The van der Waals surface area contributed by atoms with Crippen LogP contribution < -0.4 is 10.1 Å². The van der Waals surface area contributed by atoms with E-state index in [1.54, 1.807) is 11.3 Å². The van der Waals surface area contributed by atoms with Crippen LogP contribution in [0, 0.1) is 0 Å². The van der Waals surface area contributed by atoms with E-state index < -0.39 is 6.67 Å². The van der Waals surface area contributed by atoms with Crippen molar-refractivity contribution in [3.63, 3.8) is 0 Å². The van der Waals surface area contributed by atoms with Gasteiger partial charge in [0.25, 0.3) is 5.19 Å². The number of hydrogen-bond donors (Lipinski definition) is 1. The van der Waals surface area contributed by atoms with Crippen LogP contribution in [0.5, 0.6) is 5.19 Å². The van der Waals surface area contributed by atoms with Crippen molar-refractivity contribution in [2.24, 2.45) is 0 Å². The van der Waals surface area contributed by atoms with Crippen LogP contribution in [0.1, 0.15) is 10.6 Å². The molecule has 1 aromatic heterocycles. The molecular weight excluding hydrogens is 203 g/mol. The minimum Gasteiger partial charge on any atom is -0.467 e. The molecule has 1 aromatic rings. The van der Waals surface area contributed by atoms with Gasteiger partial charge in [-0.05, 0) is 6.42 Å². The van der Waals surface area contributed by atoms with Crippen molar-refractivity contribution in [2.45, 2.75) is 12.8 Å². The second-order valence-electron chi connectivity index (χ2n) is 3.14. The van der Waals surface area contributed by atoms with Crippen molar-refractivity contribution < 1.29 is 9.13 Å². The van der Waals surface area contributed by atoms with Gasteiger partial charge in [-0.15, -0.1) is 0 Å². The predicted molar refractivity (Wildman–Crippen MR) is 53.9 cm³/mol. The second-order valence-corrected chi connectivity index (χ2v) is 4.18. The van der Waals surface area contributed by atoms with E-state index in [1.807, 2.05) is 0 Å². The average Bonchev–Trinajstić information content (AvgIpc) is 2.46. The zero-order valence-electron chi connectivity index (χ0n) is 7.88. The van der Waals surface area contributed by atoms with Crippen LogP contribution in [-0.2, 0) is 12.8 Å². The lowest BCUT2D eigenvalue weighted by Crippen LogP contribution is -2.16. The lowest BCUT2D eigenvalue weighted by molar-refractivity contribution is 0.272. The van der Waals surface area contributed by atoms with Gasteiger partial charge in [-0.2, -0.15) is 0 Å². The molecule has 2 heterocycles. The van der Waals surface area contributed by atoms with Crippen molar-refractivity contribution in [3.05, 3.63) is 10.6 Å². The molecule has 2 rings (SSSR count). The Morgan fingerprint density at radius 2 is 2.29 bits per heavy atom. The summed E-state index contributed by atoms with van der Waals surface area (Å²) in [5.74, 6) is 0. The lowest BCUT2D eigenvalue weighted by atomic mass is 10.2. The predicted octanol–water partition coefficient (Wildman–Crippen LogP) is 1.18. The number of alkyl halides is 1. The van der Waals surface area contributed by atoms with Crippen LogP contribution in [0.15, 0.2) is 0 Å². The van der Waals surface area contributed by atoms with Crippen molar-refractivity contribution >= 4 is 11.3 Å². The van der Waals surface area contributed by atoms with Crippen LogP contribution in [-0.4, -0.2) is 31.4 Å². The molecule has 0 fully saturated rings. The number of nitrogens with one attached hydrogen (secondary N) is 1. The van der Waals surface area contributed by atoms with E-state index >= 15 is 0 Å². The maximum atomic E-state index is 11.9. The number of halogens is 1. The SMILES string of the molecule is FCCOc1nc2c(s1)CCNCC2. The first kappa shape index (κ1) is 9.86. The molecule has 0 spiro atoms. The maximum Gasteiger partial charge on any atom is 0.273 e. The standard InChI is InChI=1S/C9H13FN2OS/c10-3-6-13-9-12-7-1-4-11-5-2-8(7)14-9/h11H,1-6H2. The van der Waals surface area contributed by atoms with Crippen molar-refractivity contribution in [2.75, 3.05) is 26.4 Å². The Morgan fingerprint density at radius 3 is 3.14 bits per heavy atom. The van der Waals surface area contributed by atoms with Crippen LogP contribution in [0.3, 0.4) is 0 Å². The molecule has 0 aromatic carbocycles. The van der Waals surface area contributed by atoms with Gasteiger partial charge in [0.05, 0.1) is 5.69 Å². The summed E-state index contributed by atoms with van der Waals surface area (Å²) in [6, 6.07) is 0. The van der Waals surface area contributed by atoms with Gasteiger partial charge >= 0.3 is 0 Å². The Labute approximate surface area is 86.3 Å². The number of aromatic nitrogens is 1. The van der Waals surface area contributed by atoms with Gasteiger partial charge in [0.1, 0.15) is 13.3 Å². The molecule has 14 heavy (non-hydrogen) atoms. The van der Waals surface area contributed by atoms with Crippen LogP contribution in [0.25, 0.3) is 0 Å². The molecule has 1 aliphatic rings. The Bertz CT molecular complexity index is 280. The Kier molecular flexibility index (Phi) is 3.31. The van der Waals surface area contributed by atoms with E-state index in [-0.39, 0.29) is 6.61 Å². The highest BCUT2D eigenvalue weighted by Gasteiger charge is 2.14. The second kappa shape index (κ2) is 4.70. The summed E-state index contributed by atoms with van der Waals surface area (Å²) in [7, 11) is 0. The van der Waals surface area contributed by atoms with E-state index in [0.717, 1.165) is 31.6 Å². The number of hydrogen-bond acceptors (Lipinski definition) is 4. The minimum absolute atomic E-state index is 0.116. The van der Waals surface area contributed by atoms with E-state index in [1.165, 1.54) is 4.88 Å². The number of nitrogens with zero attached hydrogens (tertiary/aromatic N) is 1. The largest absolute Gasteiger partial charge is 0.467 e. The fourth-order valence-corrected chi connectivity index (χ4v) is 2.45. The summed E-state index contributed by atoms with van der Waals surface area (Å²) in [6.45, 7) is 1.63. The highest BCUT2D eigenvalue weighted by Crippen LogP contribution is 2.26. The van der Waals surface area contributed by atoms with Crippen molar-refractivity contribution in [3.8, 4) is 5.19 Å². The van der Waals surface area contributed by atoms with Crippen molar-refractivity contribution in [1.82, 2.24) is 10.3 Å². The number of thiazole rings is 1. The van der Waals surface area contributed by atoms with E-state index in [0.29, 0.717) is 5.19 Å². The molecule has 0 bridgehead atoms. The van der Waals surface area contributed by atoms with Gasteiger partial charge in [0.15, 0.2) is 0 Å². The number of ether oxygens (including phenoxy) is 1. The molecule has 0 saturated carbocycles. The molecule has 78 valence electrons. The molecule has 0 unspecified atom stereocenters. The monoisotopic (exact) mass is 216 g/mol. The summed E-state index contributed by atoms with van der Waals surface area (Å²) in [5.41, 5.74) is 1.12. The quantitative estimate of drug-likeness (QED) is 0.824. The molecule has 0 aliphatic carbocycles. The van der Waals surface area contributed by atoms with E-state index in [2.05, 4.69) is 10.3 Å². The van der Waals surface area contributed by atoms with Gasteiger partial charge in [-0.3, -0.25) is 0 Å². The minimum atomic E-state index is -0.453. The van der Waals surface area contributed by atoms with Crippen molar-refractivity contribution in [1.29, 1.82) is 0 Å². The van der Waals surface area contributed by atoms with Gasteiger partial charge in [-0.1, -0.05) is 11.3 Å². The zero-order chi connectivity index (χ0) is 9.80. The molecule has 0 amide bonds. The fraction of sp³-hybridized carbons (Fsp3) is 0.667. The molecule has 1 aliphatic heterocycles. The third-order valence-electron chi connectivity index (χ3n) is 2.13. The summed E-state index contributed by atoms with van der Waals surface area (Å²) in [6.07, 6.45) is 1.96. The van der Waals surface area contributed by atoms with Crippen LogP contribution >= 0.6 is 11.3 Å². The smallest absolute Gasteiger partial charge is 0.273 e. The first-order valence-corrected chi connectivity index (χ1v) is 5.60. The fourth-order valence-electron chi connectivity index (χ4n) is 1.47. The zero-order valence-corrected chi connectivity index (χ0v) is 8.70. The average molecular weight is 216 g/mol. The molecular formula is C9H13FN2OS. The van der Waals surface area contributed by atoms with Crippen LogP contribution in [0.2, 0.25) is 0 Å². The van der Waals surface area contributed by atoms with Gasteiger partial charge in [-0.25, -0.2) is 9.37 Å². The topological polar surface area (TPSA) is 34.1 Å². The number of rotatable bonds is 3. The highest BCUT2D eigenvalue weighted by molar-refractivity contribution is 7.13. The molecule has 0 saturated heterocycles. The summed E-state index contributed by atoms with van der Waals surface area (Å²) in [5, 5.41) is 3.93. The Morgan fingerprint density at radius 1 is 1.43 bits per heavy atom. The van der Waals surface area contributed by atoms with Gasteiger partial charge in [0, 0.05) is 24.4 Å². The Hall–Kier alpha value is -0.680. The van der Waals surface area contributed by atoms with E-state index in [4.69, 9.17) is 4.74 Å². The third-order valence-corrected chi connectivity index (χ3v) is 3.20.